The molecule has 27 heavy (non-hydrogen) atoms. The molecule has 138 valence electrons. The van der Waals surface area contributed by atoms with E-state index in [0.29, 0.717) is 5.92 Å². The molecule has 1 nitrogen and oxygen atoms in total. The van der Waals surface area contributed by atoms with Crippen molar-refractivity contribution in [1.29, 1.82) is 0 Å². The van der Waals surface area contributed by atoms with Crippen LogP contribution >= 0.6 is 0 Å². The van der Waals surface area contributed by atoms with Crippen molar-refractivity contribution < 1.29 is 0 Å². The summed E-state index contributed by atoms with van der Waals surface area (Å²) in [5.41, 5.74) is 14.1. The molecule has 0 spiro atoms. The maximum Gasteiger partial charge on any atom is 0.0320 e. The van der Waals surface area contributed by atoms with Gasteiger partial charge in [0.25, 0.3) is 0 Å². The van der Waals surface area contributed by atoms with Crippen LogP contribution in [0.2, 0.25) is 0 Å². The third kappa shape index (κ3) is 4.08. The highest BCUT2D eigenvalue weighted by Crippen LogP contribution is 2.42. The molecule has 2 N–H and O–H groups in total. The van der Waals surface area contributed by atoms with Gasteiger partial charge in [0.05, 0.1) is 0 Å². The molecular weight excluding hydrogens is 326 g/mol. The molecule has 1 atom stereocenters. The van der Waals surface area contributed by atoms with Crippen molar-refractivity contribution in [2.75, 3.05) is 5.73 Å². The van der Waals surface area contributed by atoms with Gasteiger partial charge in [-0.3, -0.25) is 0 Å². The topological polar surface area (TPSA) is 26.0 Å². The van der Waals surface area contributed by atoms with E-state index in [2.05, 4.69) is 66.8 Å². The van der Waals surface area contributed by atoms with Crippen molar-refractivity contribution in [3.63, 3.8) is 0 Å². The van der Waals surface area contributed by atoms with Gasteiger partial charge in [-0.15, -0.1) is 0 Å². The minimum Gasteiger partial charge on any atom is -0.399 e. The summed E-state index contributed by atoms with van der Waals surface area (Å²) in [7, 11) is 0. The highest BCUT2D eigenvalue weighted by Gasteiger charge is 2.25. The van der Waals surface area contributed by atoms with Crippen molar-refractivity contribution in [2.24, 2.45) is 5.92 Å². The maximum atomic E-state index is 6.19. The lowest BCUT2D eigenvalue weighted by molar-refractivity contribution is 0.560. The van der Waals surface area contributed by atoms with Crippen molar-refractivity contribution in [3.8, 4) is 0 Å². The van der Waals surface area contributed by atoms with Gasteiger partial charge >= 0.3 is 0 Å². The molecule has 3 aliphatic rings. The number of nitrogens with two attached hydrogens (primary N) is 1. The minimum absolute atomic E-state index is 0.576. The van der Waals surface area contributed by atoms with Gasteiger partial charge in [0.15, 0.2) is 0 Å². The van der Waals surface area contributed by atoms with Gasteiger partial charge in [0.1, 0.15) is 0 Å². The maximum absolute atomic E-state index is 6.19. The molecular formula is C26H29N. The number of allylic oxidation sites excluding steroid dienone is 12. The first kappa shape index (κ1) is 17.9. The van der Waals surface area contributed by atoms with Crippen LogP contribution in [0.1, 0.15) is 50.5 Å². The van der Waals surface area contributed by atoms with Crippen LogP contribution in [0, 0.1) is 5.92 Å². The van der Waals surface area contributed by atoms with Gasteiger partial charge in [-0.05, 0) is 90.9 Å². The Morgan fingerprint density at radius 1 is 0.963 bits per heavy atom. The normalized spacial score (nSPS) is 22.9. The average molecular weight is 356 g/mol. The van der Waals surface area contributed by atoms with E-state index < -0.39 is 0 Å². The Hall–Kier alpha value is -2.54. The summed E-state index contributed by atoms with van der Waals surface area (Å²) in [4.78, 5) is 0. The molecule has 0 heterocycles. The fourth-order valence-corrected chi connectivity index (χ4v) is 4.47. The number of benzene rings is 1. The van der Waals surface area contributed by atoms with E-state index in [1.54, 1.807) is 0 Å². The first-order valence-corrected chi connectivity index (χ1v) is 10.3. The molecule has 0 aliphatic heterocycles. The number of hydrogen-bond acceptors (Lipinski definition) is 1. The van der Waals surface area contributed by atoms with Gasteiger partial charge < -0.3 is 5.73 Å². The van der Waals surface area contributed by atoms with Crippen LogP contribution in [-0.4, -0.2) is 0 Å². The van der Waals surface area contributed by atoms with E-state index in [9.17, 15) is 0 Å². The second-order valence-electron chi connectivity index (χ2n) is 7.69. The van der Waals surface area contributed by atoms with Crippen molar-refractivity contribution in [1.82, 2.24) is 0 Å². The van der Waals surface area contributed by atoms with Gasteiger partial charge in [0.2, 0.25) is 0 Å². The summed E-state index contributed by atoms with van der Waals surface area (Å²) >= 11 is 0. The van der Waals surface area contributed by atoms with E-state index >= 15 is 0 Å². The third-order valence-corrected chi connectivity index (χ3v) is 5.76. The number of rotatable bonds is 4. The molecule has 0 saturated carbocycles. The first-order valence-electron chi connectivity index (χ1n) is 10.3. The number of nitrogen functional groups attached to an aromatic ring is 1. The second-order valence-corrected chi connectivity index (χ2v) is 7.69. The van der Waals surface area contributed by atoms with Crippen molar-refractivity contribution in [2.45, 2.75) is 44.9 Å². The molecule has 1 unspecified atom stereocenters. The molecule has 0 amide bonds. The predicted octanol–water partition coefficient (Wildman–Crippen LogP) is 6.93. The van der Waals surface area contributed by atoms with E-state index in [1.807, 2.05) is 6.07 Å². The Morgan fingerprint density at radius 3 is 2.63 bits per heavy atom. The molecule has 0 bridgehead atoms. The predicted molar refractivity (Wildman–Crippen MR) is 117 cm³/mol. The van der Waals surface area contributed by atoms with Gasteiger partial charge in [-0.25, -0.2) is 0 Å². The molecule has 0 radical (unpaired) electrons. The Labute approximate surface area is 163 Å². The Morgan fingerprint density at radius 2 is 1.93 bits per heavy atom. The summed E-state index contributed by atoms with van der Waals surface area (Å²) < 4.78 is 0. The third-order valence-electron chi connectivity index (χ3n) is 5.76. The zero-order valence-corrected chi connectivity index (χ0v) is 16.0. The fraction of sp³-hybridized carbons (Fsp3) is 0.308. The van der Waals surface area contributed by atoms with Gasteiger partial charge in [-0.2, -0.15) is 0 Å². The van der Waals surface area contributed by atoms with E-state index in [0.717, 1.165) is 37.8 Å². The SMILES string of the molecule is Nc1cccc(/C(C2=CC=CCC2)=C(\C2=CCCC=C2)C2CC=CCC2)c1. The van der Waals surface area contributed by atoms with Crippen LogP contribution < -0.4 is 5.73 Å². The molecule has 1 aromatic carbocycles. The van der Waals surface area contributed by atoms with Crippen LogP contribution in [0.5, 0.6) is 0 Å². The van der Waals surface area contributed by atoms with Gasteiger partial charge in [0, 0.05) is 5.69 Å². The zero-order valence-electron chi connectivity index (χ0n) is 16.0. The lowest BCUT2D eigenvalue weighted by Crippen LogP contribution is -2.12. The van der Waals surface area contributed by atoms with E-state index in [1.165, 1.54) is 40.7 Å². The monoisotopic (exact) mass is 355 g/mol. The van der Waals surface area contributed by atoms with E-state index in [4.69, 9.17) is 5.73 Å². The summed E-state index contributed by atoms with van der Waals surface area (Å²) in [6.45, 7) is 0. The lowest BCUT2D eigenvalue weighted by Gasteiger charge is -2.29. The average Bonchev–Trinajstić information content (AvgIpc) is 2.74. The Bertz CT molecular complexity index is 873. The van der Waals surface area contributed by atoms with Crippen LogP contribution in [0.3, 0.4) is 0 Å². The number of hydrogen-bond donors (Lipinski definition) is 1. The molecule has 1 heteroatoms. The van der Waals surface area contributed by atoms with Gasteiger partial charge in [-0.1, -0.05) is 60.7 Å². The molecule has 0 aromatic heterocycles. The second kappa shape index (κ2) is 8.43. The standard InChI is InChI=1S/C26H29N/c27-24-18-10-17-23(19-24)26(22-15-8-3-9-16-22)25(20-11-4-1-5-12-20)21-13-6-2-7-14-21/h1,3-4,6,8,10,13-15,17-20H,2,5,7,9,11-12,16,27H2/b26-25-. The zero-order chi connectivity index (χ0) is 18.5. The molecule has 3 aliphatic carbocycles. The van der Waals surface area contributed by atoms with Crippen LogP contribution in [-0.2, 0) is 0 Å². The smallest absolute Gasteiger partial charge is 0.0320 e. The number of anilines is 1. The highest BCUT2D eigenvalue weighted by atomic mass is 14.5. The summed E-state index contributed by atoms with van der Waals surface area (Å²) in [6, 6.07) is 8.46. The van der Waals surface area contributed by atoms with Crippen molar-refractivity contribution >= 4 is 11.3 Å². The van der Waals surface area contributed by atoms with E-state index in [-0.39, 0.29) is 0 Å². The largest absolute Gasteiger partial charge is 0.399 e. The molecule has 1 aromatic rings. The molecule has 0 fully saturated rings. The summed E-state index contributed by atoms with van der Waals surface area (Å²) in [5, 5.41) is 0. The lowest BCUT2D eigenvalue weighted by atomic mass is 9.75. The quantitative estimate of drug-likeness (QED) is 0.460. The summed E-state index contributed by atoms with van der Waals surface area (Å²) in [6.07, 6.45) is 26.7. The summed E-state index contributed by atoms with van der Waals surface area (Å²) in [5.74, 6) is 0.576. The molecule has 4 rings (SSSR count). The fourth-order valence-electron chi connectivity index (χ4n) is 4.47. The minimum atomic E-state index is 0.576. The van der Waals surface area contributed by atoms with Crippen LogP contribution in [0.25, 0.3) is 5.57 Å². The van der Waals surface area contributed by atoms with Crippen LogP contribution in [0.15, 0.2) is 89.6 Å². The first-order chi connectivity index (χ1) is 13.3. The Balaban J connectivity index is 1.94. The van der Waals surface area contributed by atoms with Crippen LogP contribution in [0.4, 0.5) is 5.69 Å². The van der Waals surface area contributed by atoms with Crippen molar-refractivity contribution in [3.05, 3.63) is 95.2 Å². The molecule has 0 saturated heterocycles. The Kier molecular flexibility index (Phi) is 5.58. The highest BCUT2D eigenvalue weighted by molar-refractivity contribution is 5.86.